The second kappa shape index (κ2) is 5.88. The van der Waals surface area contributed by atoms with Crippen LogP contribution >= 0.6 is 27.5 Å². The van der Waals surface area contributed by atoms with Gasteiger partial charge in [0.25, 0.3) is 0 Å². The van der Waals surface area contributed by atoms with Gasteiger partial charge < -0.3 is 4.74 Å². The molecule has 0 fully saturated rings. The van der Waals surface area contributed by atoms with E-state index in [1.807, 2.05) is 45.0 Å². The summed E-state index contributed by atoms with van der Waals surface area (Å²) in [6.45, 7) is 5.86. The first-order valence-electron chi connectivity index (χ1n) is 5.94. The van der Waals surface area contributed by atoms with Crippen molar-refractivity contribution in [3.05, 3.63) is 39.6 Å². The van der Waals surface area contributed by atoms with Crippen LogP contribution in [0.4, 0.5) is 0 Å². The Labute approximate surface area is 126 Å². The number of nitrogens with zero attached hydrogens (tertiary/aromatic N) is 2. The van der Waals surface area contributed by atoms with Gasteiger partial charge in [-0.25, -0.2) is 9.97 Å². The van der Waals surface area contributed by atoms with E-state index in [4.69, 9.17) is 16.3 Å². The lowest BCUT2D eigenvalue weighted by Gasteiger charge is -2.11. The van der Waals surface area contributed by atoms with E-state index in [0.29, 0.717) is 11.0 Å². The third-order valence-electron chi connectivity index (χ3n) is 2.44. The van der Waals surface area contributed by atoms with Gasteiger partial charge in [0.05, 0.1) is 16.3 Å². The molecule has 100 valence electrons. The van der Waals surface area contributed by atoms with Crippen LogP contribution < -0.4 is 4.74 Å². The minimum absolute atomic E-state index is 0.131. The first kappa shape index (κ1) is 14.3. The fraction of sp³-hybridized carbons (Fsp3) is 0.286. The number of rotatable bonds is 3. The SMILES string of the molecule is Cc1nc(-c2cccc(OC(C)C)c2)nc(Cl)c1Br. The first-order valence-corrected chi connectivity index (χ1v) is 7.11. The Balaban J connectivity index is 2.41. The second-order valence-corrected chi connectivity index (χ2v) is 5.58. The summed E-state index contributed by atoms with van der Waals surface area (Å²) in [5, 5.41) is 0.415. The molecule has 0 amide bonds. The summed E-state index contributed by atoms with van der Waals surface area (Å²) in [6.07, 6.45) is 0.131. The van der Waals surface area contributed by atoms with Crippen LogP contribution in [-0.2, 0) is 0 Å². The Morgan fingerprint density at radius 1 is 1.26 bits per heavy atom. The second-order valence-electron chi connectivity index (χ2n) is 4.43. The standard InChI is InChI=1S/C14H14BrClN2O/c1-8(2)19-11-6-4-5-10(7-11)14-17-9(3)12(15)13(16)18-14/h4-8H,1-3H3. The van der Waals surface area contributed by atoms with Crippen LogP contribution in [0.2, 0.25) is 5.15 Å². The average molecular weight is 342 g/mol. The van der Waals surface area contributed by atoms with Crippen molar-refractivity contribution in [2.45, 2.75) is 26.9 Å². The van der Waals surface area contributed by atoms with Gasteiger partial charge in [0.15, 0.2) is 5.82 Å². The molecule has 1 heterocycles. The zero-order valence-corrected chi connectivity index (χ0v) is 13.3. The molecule has 2 rings (SSSR count). The van der Waals surface area contributed by atoms with Gasteiger partial charge in [-0.05, 0) is 48.8 Å². The summed E-state index contributed by atoms with van der Waals surface area (Å²) in [4.78, 5) is 8.70. The van der Waals surface area contributed by atoms with E-state index in [2.05, 4.69) is 25.9 Å². The van der Waals surface area contributed by atoms with Gasteiger partial charge in [-0.3, -0.25) is 0 Å². The van der Waals surface area contributed by atoms with Gasteiger partial charge in [0, 0.05) is 5.56 Å². The van der Waals surface area contributed by atoms with E-state index in [9.17, 15) is 0 Å². The third kappa shape index (κ3) is 3.45. The molecule has 0 N–H and O–H groups in total. The molecule has 0 radical (unpaired) electrons. The molecular formula is C14H14BrClN2O. The molecule has 0 aliphatic heterocycles. The Hall–Kier alpha value is -1.13. The Morgan fingerprint density at radius 3 is 2.63 bits per heavy atom. The maximum atomic E-state index is 6.06. The van der Waals surface area contributed by atoms with E-state index in [0.717, 1.165) is 21.5 Å². The first-order chi connectivity index (χ1) is 8.97. The predicted octanol–water partition coefficient (Wildman–Crippen LogP) is 4.66. The van der Waals surface area contributed by atoms with Crippen LogP contribution in [0.25, 0.3) is 11.4 Å². The third-order valence-corrected chi connectivity index (χ3v) is 3.89. The topological polar surface area (TPSA) is 35.0 Å². The molecule has 1 aromatic carbocycles. The normalized spacial score (nSPS) is 10.8. The molecule has 0 atom stereocenters. The van der Waals surface area contributed by atoms with Crippen molar-refractivity contribution in [3.63, 3.8) is 0 Å². The van der Waals surface area contributed by atoms with Crippen LogP contribution in [0.3, 0.4) is 0 Å². The lowest BCUT2D eigenvalue weighted by molar-refractivity contribution is 0.242. The lowest BCUT2D eigenvalue weighted by atomic mass is 10.2. The summed E-state index contributed by atoms with van der Waals surface area (Å²) in [5.41, 5.74) is 1.70. The van der Waals surface area contributed by atoms with Gasteiger partial charge in [-0.15, -0.1) is 0 Å². The molecular weight excluding hydrogens is 328 g/mol. The van der Waals surface area contributed by atoms with Gasteiger partial charge >= 0.3 is 0 Å². The zero-order chi connectivity index (χ0) is 14.0. The van der Waals surface area contributed by atoms with Crippen molar-refractivity contribution < 1.29 is 4.74 Å². The highest BCUT2D eigenvalue weighted by Gasteiger charge is 2.10. The molecule has 0 unspecified atom stereocenters. The maximum Gasteiger partial charge on any atom is 0.161 e. The van der Waals surface area contributed by atoms with Crippen LogP contribution in [0, 0.1) is 6.92 Å². The summed E-state index contributed by atoms with van der Waals surface area (Å²) >= 11 is 9.42. The number of halogens is 2. The van der Waals surface area contributed by atoms with Gasteiger partial charge in [0.2, 0.25) is 0 Å². The summed E-state index contributed by atoms with van der Waals surface area (Å²) < 4.78 is 6.39. The van der Waals surface area contributed by atoms with Crippen LogP contribution in [0.1, 0.15) is 19.5 Å². The van der Waals surface area contributed by atoms with E-state index in [1.54, 1.807) is 0 Å². The Kier molecular flexibility index (Phi) is 4.42. The minimum atomic E-state index is 0.131. The molecule has 1 aromatic heterocycles. The van der Waals surface area contributed by atoms with E-state index >= 15 is 0 Å². The fourth-order valence-electron chi connectivity index (χ4n) is 1.63. The molecule has 0 saturated heterocycles. The predicted molar refractivity (Wildman–Crippen MR) is 80.7 cm³/mol. The monoisotopic (exact) mass is 340 g/mol. The molecule has 0 spiro atoms. The molecule has 0 bridgehead atoms. The molecule has 3 nitrogen and oxygen atoms in total. The summed E-state index contributed by atoms with van der Waals surface area (Å²) in [6, 6.07) is 7.68. The molecule has 0 aliphatic rings. The summed E-state index contributed by atoms with van der Waals surface area (Å²) in [5.74, 6) is 1.40. The highest BCUT2D eigenvalue weighted by Crippen LogP contribution is 2.28. The van der Waals surface area contributed by atoms with Crippen LogP contribution in [-0.4, -0.2) is 16.1 Å². The van der Waals surface area contributed by atoms with Crippen LogP contribution in [0.5, 0.6) is 5.75 Å². The quantitative estimate of drug-likeness (QED) is 0.762. The van der Waals surface area contributed by atoms with Crippen molar-refractivity contribution >= 4 is 27.5 Å². The van der Waals surface area contributed by atoms with Gasteiger partial charge in [0.1, 0.15) is 10.9 Å². The van der Waals surface area contributed by atoms with Crippen LogP contribution in [0.15, 0.2) is 28.7 Å². The molecule has 2 aromatic rings. The van der Waals surface area contributed by atoms with Crippen molar-refractivity contribution in [1.82, 2.24) is 9.97 Å². The highest BCUT2D eigenvalue weighted by molar-refractivity contribution is 9.10. The van der Waals surface area contributed by atoms with Crippen molar-refractivity contribution in [1.29, 1.82) is 0 Å². The highest BCUT2D eigenvalue weighted by atomic mass is 79.9. The van der Waals surface area contributed by atoms with Gasteiger partial charge in [-0.2, -0.15) is 0 Å². The molecule has 5 heteroatoms. The number of ether oxygens (including phenoxy) is 1. The fourth-order valence-corrected chi connectivity index (χ4v) is 2.03. The number of hydrogen-bond acceptors (Lipinski definition) is 3. The molecule has 19 heavy (non-hydrogen) atoms. The van der Waals surface area contributed by atoms with Crippen molar-refractivity contribution in [2.24, 2.45) is 0 Å². The Bertz CT molecular complexity index is 579. The smallest absolute Gasteiger partial charge is 0.161 e. The van der Waals surface area contributed by atoms with E-state index < -0.39 is 0 Å². The molecule has 0 saturated carbocycles. The van der Waals surface area contributed by atoms with E-state index in [-0.39, 0.29) is 6.10 Å². The number of aryl methyl sites for hydroxylation is 1. The average Bonchev–Trinajstić information content (AvgIpc) is 2.35. The van der Waals surface area contributed by atoms with E-state index in [1.165, 1.54) is 0 Å². The number of aromatic nitrogens is 2. The summed E-state index contributed by atoms with van der Waals surface area (Å²) in [7, 11) is 0. The number of hydrogen-bond donors (Lipinski definition) is 0. The lowest BCUT2D eigenvalue weighted by Crippen LogP contribution is -2.05. The van der Waals surface area contributed by atoms with Crippen molar-refractivity contribution in [3.8, 4) is 17.1 Å². The maximum absolute atomic E-state index is 6.06. The van der Waals surface area contributed by atoms with Crippen molar-refractivity contribution in [2.75, 3.05) is 0 Å². The minimum Gasteiger partial charge on any atom is -0.491 e. The Morgan fingerprint density at radius 2 is 2.00 bits per heavy atom. The largest absolute Gasteiger partial charge is 0.491 e. The van der Waals surface area contributed by atoms with Gasteiger partial charge in [-0.1, -0.05) is 23.7 Å². The molecule has 0 aliphatic carbocycles. The number of benzene rings is 1. The zero-order valence-electron chi connectivity index (χ0n) is 10.9.